The van der Waals surface area contributed by atoms with Crippen molar-refractivity contribution in [2.24, 2.45) is 0 Å². The van der Waals surface area contributed by atoms with Crippen molar-refractivity contribution in [3.63, 3.8) is 0 Å². The summed E-state index contributed by atoms with van der Waals surface area (Å²) in [6.45, 7) is 2.14. The zero-order valence-electron chi connectivity index (χ0n) is 10.6. The molecule has 0 bridgehead atoms. The Labute approximate surface area is 115 Å². The van der Waals surface area contributed by atoms with Crippen LogP contribution in [0.25, 0.3) is 0 Å². The molecular formula is C14H13ClO4. The maximum absolute atomic E-state index is 11.2. The Morgan fingerprint density at radius 1 is 1.32 bits per heavy atom. The molecular weight excluding hydrogens is 268 g/mol. The summed E-state index contributed by atoms with van der Waals surface area (Å²) in [4.78, 5) is 11.2. The lowest BCUT2D eigenvalue weighted by Crippen LogP contribution is -1.99. The highest BCUT2D eigenvalue weighted by Gasteiger charge is 2.11. The van der Waals surface area contributed by atoms with E-state index in [9.17, 15) is 4.79 Å². The molecule has 0 spiro atoms. The number of esters is 1. The summed E-state index contributed by atoms with van der Waals surface area (Å²) < 4.78 is 15.4. The molecule has 1 heterocycles. The van der Waals surface area contributed by atoms with Crippen LogP contribution in [-0.2, 0) is 11.3 Å². The lowest BCUT2D eigenvalue weighted by atomic mass is 10.2. The molecule has 5 heteroatoms. The first-order valence-corrected chi connectivity index (χ1v) is 6.04. The normalized spacial score (nSPS) is 10.3. The highest BCUT2D eigenvalue weighted by atomic mass is 35.5. The van der Waals surface area contributed by atoms with E-state index < -0.39 is 5.97 Å². The lowest BCUT2D eigenvalue weighted by Gasteiger charge is -2.07. The van der Waals surface area contributed by atoms with Crippen LogP contribution in [0.3, 0.4) is 0 Å². The van der Waals surface area contributed by atoms with Crippen LogP contribution >= 0.6 is 11.6 Å². The van der Waals surface area contributed by atoms with Crippen molar-refractivity contribution in [3.05, 3.63) is 52.4 Å². The number of hydrogen-bond acceptors (Lipinski definition) is 4. The predicted molar refractivity (Wildman–Crippen MR) is 70.6 cm³/mol. The van der Waals surface area contributed by atoms with E-state index in [1.807, 2.05) is 19.1 Å². The molecule has 1 aromatic heterocycles. The first kappa shape index (κ1) is 13.5. The molecule has 0 fully saturated rings. The number of rotatable bonds is 4. The Hall–Kier alpha value is -1.94. The molecule has 0 atom stereocenters. The summed E-state index contributed by atoms with van der Waals surface area (Å²) in [5.41, 5.74) is 1.05. The molecule has 100 valence electrons. The maximum Gasteiger partial charge on any atom is 0.373 e. The second kappa shape index (κ2) is 5.80. The molecule has 0 saturated heterocycles. The predicted octanol–water partition coefficient (Wildman–Crippen LogP) is 3.61. The van der Waals surface area contributed by atoms with Crippen molar-refractivity contribution >= 4 is 17.6 Å². The van der Waals surface area contributed by atoms with Gasteiger partial charge in [-0.25, -0.2) is 4.79 Å². The van der Waals surface area contributed by atoms with Gasteiger partial charge in [-0.05, 0) is 36.8 Å². The Morgan fingerprint density at radius 3 is 2.84 bits per heavy atom. The Kier molecular flexibility index (Phi) is 4.12. The van der Waals surface area contributed by atoms with E-state index >= 15 is 0 Å². The molecule has 4 nitrogen and oxygen atoms in total. The Morgan fingerprint density at radius 2 is 2.11 bits per heavy atom. The average Bonchev–Trinajstić information content (AvgIpc) is 2.88. The SMILES string of the molecule is COC(=O)c1ccc(COc2cc(C)ccc2Cl)o1. The fourth-order valence-electron chi connectivity index (χ4n) is 1.54. The summed E-state index contributed by atoms with van der Waals surface area (Å²) in [5, 5.41) is 0.533. The monoisotopic (exact) mass is 280 g/mol. The van der Waals surface area contributed by atoms with Crippen LogP contribution in [0.15, 0.2) is 34.7 Å². The number of hydrogen-bond donors (Lipinski definition) is 0. The molecule has 19 heavy (non-hydrogen) atoms. The zero-order chi connectivity index (χ0) is 13.8. The van der Waals surface area contributed by atoms with Crippen molar-refractivity contribution in [1.29, 1.82) is 0 Å². The van der Waals surface area contributed by atoms with E-state index in [0.29, 0.717) is 16.5 Å². The first-order chi connectivity index (χ1) is 9.10. The third-order valence-corrected chi connectivity index (χ3v) is 2.82. The van der Waals surface area contributed by atoms with E-state index in [4.69, 9.17) is 20.8 Å². The minimum Gasteiger partial charge on any atom is -0.484 e. The fraction of sp³-hybridized carbons (Fsp3) is 0.214. The third-order valence-electron chi connectivity index (χ3n) is 2.50. The van der Waals surface area contributed by atoms with Gasteiger partial charge in [0.15, 0.2) is 0 Å². The van der Waals surface area contributed by atoms with Gasteiger partial charge in [0, 0.05) is 0 Å². The largest absolute Gasteiger partial charge is 0.484 e. The summed E-state index contributed by atoms with van der Waals surface area (Å²) >= 11 is 6.01. The number of halogens is 1. The number of furan rings is 1. The molecule has 0 amide bonds. The zero-order valence-corrected chi connectivity index (χ0v) is 11.4. The number of methoxy groups -OCH3 is 1. The maximum atomic E-state index is 11.2. The molecule has 0 aliphatic heterocycles. The van der Waals surface area contributed by atoms with Crippen LogP contribution in [-0.4, -0.2) is 13.1 Å². The topological polar surface area (TPSA) is 48.7 Å². The van der Waals surface area contributed by atoms with Gasteiger partial charge in [0.1, 0.15) is 18.1 Å². The van der Waals surface area contributed by atoms with Crippen molar-refractivity contribution in [2.45, 2.75) is 13.5 Å². The lowest BCUT2D eigenvalue weighted by molar-refractivity contribution is 0.0561. The van der Waals surface area contributed by atoms with E-state index in [1.165, 1.54) is 7.11 Å². The van der Waals surface area contributed by atoms with Crippen LogP contribution in [0, 0.1) is 6.92 Å². The van der Waals surface area contributed by atoms with Gasteiger partial charge in [0.2, 0.25) is 5.76 Å². The smallest absolute Gasteiger partial charge is 0.373 e. The fourth-order valence-corrected chi connectivity index (χ4v) is 1.71. The molecule has 2 aromatic rings. The third kappa shape index (κ3) is 3.29. The van der Waals surface area contributed by atoms with Crippen LogP contribution < -0.4 is 4.74 Å². The molecule has 0 radical (unpaired) electrons. The summed E-state index contributed by atoms with van der Waals surface area (Å²) in [7, 11) is 1.30. The van der Waals surface area contributed by atoms with Gasteiger partial charge in [-0.3, -0.25) is 0 Å². The van der Waals surface area contributed by atoms with Crippen molar-refractivity contribution in [1.82, 2.24) is 0 Å². The Bertz CT molecular complexity index is 589. The minimum atomic E-state index is -0.514. The summed E-state index contributed by atoms with van der Waals surface area (Å²) in [5.74, 6) is 0.743. The van der Waals surface area contributed by atoms with Gasteiger partial charge in [-0.2, -0.15) is 0 Å². The van der Waals surface area contributed by atoms with Crippen molar-refractivity contribution in [3.8, 4) is 5.75 Å². The molecule has 0 N–H and O–H groups in total. The van der Waals surface area contributed by atoms with Gasteiger partial charge in [0.25, 0.3) is 0 Å². The average molecular weight is 281 g/mol. The molecule has 0 aliphatic rings. The van der Waals surface area contributed by atoms with Crippen LogP contribution in [0.4, 0.5) is 0 Å². The highest BCUT2D eigenvalue weighted by Crippen LogP contribution is 2.26. The molecule has 0 aliphatic carbocycles. The standard InChI is InChI=1S/C14H13ClO4/c1-9-3-5-11(15)13(7-9)18-8-10-4-6-12(19-10)14(16)17-2/h3-7H,8H2,1-2H3. The van der Waals surface area contributed by atoms with Gasteiger partial charge >= 0.3 is 5.97 Å². The highest BCUT2D eigenvalue weighted by molar-refractivity contribution is 6.32. The van der Waals surface area contributed by atoms with Crippen molar-refractivity contribution in [2.75, 3.05) is 7.11 Å². The summed E-state index contributed by atoms with van der Waals surface area (Å²) in [6, 6.07) is 8.72. The van der Waals surface area contributed by atoms with Crippen LogP contribution in [0.5, 0.6) is 5.75 Å². The first-order valence-electron chi connectivity index (χ1n) is 5.66. The second-order valence-electron chi connectivity index (χ2n) is 3.98. The van der Waals surface area contributed by atoms with Gasteiger partial charge < -0.3 is 13.9 Å². The quantitative estimate of drug-likeness (QED) is 0.803. The molecule has 2 rings (SSSR count). The van der Waals surface area contributed by atoms with E-state index in [-0.39, 0.29) is 12.4 Å². The van der Waals surface area contributed by atoms with E-state index in [1.54, 1.807) is 18.2 Å². The van der Waals surface area contributed by atoms with Crippen molar-refractivity contribution < 1.29 is 18.7 Å². The van der Waals surface area contributed by atoms with Gasteiger partial charge in [-0.1, -0.05) is 17.7 Å². The molecule has 0 saturated carbocycles. The van der Waals surface area contributed by atoms with Crippen LogP contribution in [0.2, 0.25) is 5.02 Å². The number of aryl methyl sites for hydroxylation is 1. The molecule has 0 unspecified atom stereocenters. The summed E-state index contributed by atoms with van der Waals surface area (Å²) in [6.07, 6.45) is 0. The van der Waals surface area contributed by atoms with Crippen LogP contribution in [0.1, 0.15) is 21.9 Å². The minimum absolute atomic E-state index is 0.149. The van der Waals surface area contributed by atoms with Gasteiger partial charge in [0.05, 0.1) is 12.1 Å². The van der Waals surface area contributed by atoms with Gasteiger partial charge in [-0.15, -0.1) is 0 Å². The van der Waals surface area contributed by atoms with E-state index in [2.05, 4.69) is 4.74 Å². The number of ether oxygens (including phenoxy) is 2. The second-order valence-corrected chi connectivity index (χ2v) is 4.39. The molecule has 1 aromatic carbocycles. The Balaban J connectivity index is 2.04. The van der Waals surface area contributed by atoms with E-state index in [0.717, 1.165) is 5.56 Å². The number of benzene rings is 1. The number of carbonyl (C=O) groups excluding carboxylic acids is 1. The number of carbonyl (C=O) groups is 1.